The van der Waals surface area contributed by atoms with Gasteiger partial charge in [-0.1, -0.05) is 35.3 Å². The molecule has 1 rings (SSSR count). The molecule has 0 spiro atoms. The van der Waals surface area contributed by atoms with Crippen LogP contribution in [0.1, 0.15) is 5.56 Å². The van der Waals surface area contributed by atoms with E-state index in [0.717, 1.165) is 5.56 Å². The highest BCUT2D eigenvalue weighted by molar-refractivity contribution is 7.90. The fourth-order valence-corrected chi connectivity index (χ4v) is 2.99. The van der Waals surface area contributed by atoms with Crippen molar-refractivity contribution in [3.63, 3.8) is 0 Å². The van der Waals surface area contributed by atoms with Crippen molar-refractivity contribution in [3.05, 3.63) is 33.8 Å². The minimum atomic E-state index is -3.02. The van der Waals surface area contributed by atoms with Crippen LogP contribution in [0.15, 0.2) is 18.2 Å². The van der Waals surface area contributed by atoms with Gasteiger partial charge in [0.15, 0.2) is 0 Å². The molecular weight excluding hydrogens is 281 g/mol. The number of rotatable bonds is 5. The van der Waals surface area contributed by atoms with E-state index in [1.807, 2.05) is 6.07 Å². The second kappa shape index (κ2) is 6.05. The van der Waals surface area contributed by atoms with Crippen LogP contribution in [0.2, 0.25) is 10.0 Å². The molecule has 1 N–H and O–H groups in total. The Labute approximate surface area is 112 Å². The van der Waals surface area contributed by atoms with Crippen LogP contribution < -0.4 is 5.32 Å². The van der Waals surface area contributed by atoms with E-state index in [9.17, 15) is 8.42 Å². The number of sulfone groups is 1. The number of nitrogens with one attached hydrogen (secondary N) is 1. The van der Waals surface area contributed by atoms with Gasteiger partial charge >= 0.3 is 0 Å². The van der Waals surface area contributed by atoms with Gasteiger partial charge in [-0.3, -0.25) is 0 Å². The summed E-state index contributed by atoms with van der Waals surface area (Å²) in [5.74, 6) is 0.0757. The Bertz CT molecular complexity index is 488. The van der Waals surface area contributed by atoms with Gasteiger partial charge in [0.1, 0.15) is 9.84 Å². The van der Waals surface area contributed by atoms with Crippen LogP contribution in [0.25, 0.3) is 0 Å². The van der Waals surface area contributed by atoms with Gasteiger partial charge in [0.05, 0.1) is 15.8 Å². The first-order chi connectivity index (χ1) is 7.83. The van der Waals surface area contributed by atoms with Crippen LogP contribution in [0.3, 0.4) is 0 Å². The first-order valence-electron chi connectivity index (χ1n) is 5.11. The minimum Gasteiger partial charge on any atom is -0.316 e. The zero-order chi connectivity index (χ0) is 13.1. The predicted octanol–water partition coefficient (Wildman–Crippen LogP) is 2.17. The van der Waals surface area contributed by atoms with Gasteiger partial charge in [-0.05, 0) is 25.1 Å². The number of benzene rings is 1. The maximum atomic E-state index is 11.2. The van der Waals surface area contributed by atoms with E-state index in [-0.39, 0.29) is 11.8 Å². The summed E-state index contributed by atoms with van der Waals surface area (Å²) >= 11 is 12.0. The van der Waals surface area contributed by atoms with Crippen LogP contribution in [-0.4, -0.2) is 33.5 Å². The van der Waals surface area contributed by atoms with Crippen LogP contribution in [0.4, 0.5) is 0 Å². The van der Waals surface area contributed by atoms with Gasteiger partial charge in [0.2, 0.25) is 0 Å². The van der Waals surface area contributed by atoms with Crippen LogP contribution >= 0.6 is 23.2 Å². The molecule has 0 aliphatic carbocycles. The topological polar surface area (TPSA) is 46.2 Å². The lowest BCUT2D eigenvalue weighted by atomic mass is 10.1. The van der Waals surface area contributed by atoms with Gasteiger partial charge in [-0.2, -0.15) is 0 Å². The SMILES string of the molecule is CNC(Cc1cccc(Cl)c1Cl)CS(C)(=O)=O. The maximum Gasteiger partial charge on any atom is 0.148 e. The second-order valence-electron chi connectivity index (χ2n) is 4.00. The average Bonchev–Trinajstić information content (AvgIpc) is 2.21. The van der Waals surface area contributed by atoms with Gasteiger partial charge in [-0.25, -0.2) is 8.42 Å². The number of likely N-dealkylation sites (N-methyl/N-ethyl adjacent to an activating group) is 1. The van der Waals surface area contributed by atoms with Crippen molar-refractivity contribution in [2.75, 3.05) is 19.1 Å². The molecule has 0 aliphatic rings. The van der Waals surface area contributed by atoms with Crippen LogP contribution in [0, 0.1) is 0 Å². The standard InChI is InChI=1S/C11H15Cl2NO2S/c1-14-9(7-17(2,15)16)6-8-4-3-5-10(12)11(8)13/h3-5,9,14H,6-7H2,1-2H3. The quantitative estimate of drug-likeness (QED) is 0.906. The molecule has 17 heavy (non-hydrogen) atoms. The largest absolute Gasteiger partial charge is 0.316 e. The summed E-state index contributed by atoms with van der Waals surface area (Å²) in [5.41, 5.74) is 0.849. The van der Waals surface area contributed by atoms with E-state index in [4.69, 9.17) is 23.2 Å². The van der Waals surface area contributed by atoms with Crippen molar-refractivity contribution in [2.45, 2.75) is 12.5 Å². The monoisotopic (exact) mass is 295 g/mol. The summed E-state index contributed by atoms with van der Waals surface area (Å²) in [6.07, 6.45) is 1.75. The van der Waals surface area contributed by atoms with Crippen LogP contribution in [0.5, 0.6) is 0 Å². The summed E-state index contributed by atoms with van der Waals surface area (Å²) in [5, 5.41) is 3.95. The molecule has 3 nitrogen and oxygen atoms in total. The summed E-state index contributed by atoms with van der Waals surface area (Å²) < 4.78 is 22.5. The lowest BCUT2D eigenvalue weighted by Gasteiger charge is -2.16. The molecule has 1 atom stereocenters. The summed E-state index contributed by atoms with van der Waals surface area (Å²) in [6, 6.07) is 5.19. The van der Waals surface area contributed by atoms with E-state index in [2.05, 4.69) is 5.32 Å². The number of hydrogen-bond acceptors (Lipinski definition) is 3. The van der Waals surface area contributed by atoms with Gasteiger partial charge < -0.3 is 5.32 Å². The van der Waals surface area contributed by atoms with E-state index in [1.54, 1.807) is 19.2 Å². The van der Waals surface area contributed by atoms with Crippen molar-refractivity contribution in [3.8, 4) is 0 Å². The van der Waals surface area contributed by atoms with Crippen molar-refractivity contribution < 1.29 is 8.42 Å². The summed E-state index contributed by atoms with van der Waals surface area (Å²) in [7, 11) is -1.29. The molecule has 1 aromatic carbocycles. The third kappa shape index (κ3) is 4.84. The first-order valence-corrected chi connectivity index (χ1v) is 7.93. The van der Waals surface area contributed by atoms with E-state index in [0.29, 0.717) is 16.5 Å². The Morgan fingerprint density at radius 3 is 2.53 bits per heavy atom. The third-order valence-corrected chi connectivity index (χ3v) is 4.28. The van der Waals surface area contributed by atoms with E-state index >= 15 is 0 Å². The Hall–Kier alpha value is -0.290. The third-order valence-electron chi connectivity index (χ3n) is 2.41. The van der Waals surface area contributed by atoms with E-state index < -0.39 is 9.84 Å². The Balaban J connectivity index is 2.85. The lowest BCUT2D eigenvalue weighted by molar-refractivity contribution is 0.567. The van der Waals surface area contributed by atoms with Crippen molar-refractivity contribution in [2.24, 2.45) is 0 Å². The molecule has 0 saturated carbocycles. The highest BCUT2D eigenvalue weighted by Crippen LogP contribution is 2.26. The van der Waals surface area contributed by atoms with Crippen molar-refractivity contribution in [1.29, 1.82) is 0 Å². The second-order valence-corrected chi connectivity index (χ2v) is 6.97. The Kier molecular flexibility index (Phi) is 5.25. The normalized spacial score (nSPS) is 13.6. The molecule has 1 unspecified atom stereocenters. The minimum absolute atomic E-state index is 0.0757. The van der Waals surface area contributed by atoms with Crippen molar-refractivity contribution >= 4 is 33.0 Å². The number of halogens is 2. The Morgan fingerprint density at radius 1 is 1.35 bits per heavy atom. The maximum absolute atomic E-state index is 11.2. The molecule has 96 valence electrons. The molecule has 0 fully saturated rings. The molecule has 0 saturated heterocycles. The highest BCUT2D eigenvalue weighted by Gasteiger charge is 2.16. The average molecular weight is 296 g/mol. The summed E-state index contributed by atoms with van der Waals surface area (Å²) in [6.45, 7) is 0. The molecule has 0 aliphatic heterocycles. The van der Waals surface area contributed by atoms with Gasteiger partial charge in [-0.15, -0.1) is 0 Å². The fourth-order valence-electron chi connectivity index (χ4n) is 1.58. The molecule has 0 radical (unpaired) electrons. The summed E-state index contributed by atoms with van der Waals surface area (Å²) in [4.78, 5) is 0. The van der Waals surface area contributed by atoms with Gasteiger partial charge in [0.25, 0.3) is 0 Å². The zero-order valence-electron chi connectivity index (χ0n) is 9.70. The lowest BCUT2D eigenvalue weighted by Crippen LogP contribution is -2.34. The highest BCUT2D eigenvalue weighted by atomic mass is 35.5. The molecule has 0 heterocycles. The fraction of sp³-hybridized carbons (Fsp3) is 0.455. The number of hydrogen-bond donors (Lipinski definition) is 1. The molecule has 0 bridgehead atoms. The van der Waals surface area contributed by atoms with E-state index in [1.165, 1.54) is 6.26 Å². The predicted molar refractivity (Wildman–Crippen MR) is 72.7 cm³/mol. The van der Waals surface area contributed by atoms with Gasteiger partial charge in [0, 0.05) is 12.3 Å². The molecule has 0 aromatic heterocycles. The van der Waals surface area contributed by atoms with Crippen LogP contribution in [-0.2, 0) is 16.3 Å². The first kappa shape index (κ1) is 14.8. The molecular formula is C11H15Cl2NO2S. The molecule has 0 amide bonds. The molecule has 1 aromatic rings. The van der Waals surface area contributed by atoms with Crippen molar-refractivity contribution in [1.82, 2.24) is 5.32 Å². The Morgan fingerprint density at radius 2 is 2.00 bits per heavy atom. The molecule has 6 heteroatoms. The smallest absolute Gasteiger partial charge is 0.148 e. The zero-order valence-corrected chi connectivity index (χ0v) is 12.0.